The topological polar surface area (TPSA) is 93.2 Å². The first-order valence-corrected chi connectivity index (χ1v) is 11.4. The third-order valence-corrected chi connectivity index (χ3v) is 7.17. The molecule has 1 amide bonds. The van der Waals surface area contributed by atoms with E-state index in [2.05, 4.69) is 4.90 Å². The molecular formula is C26H26N2O6. The van der Waals surface area contributed by atoms with Gasteiger partial charge in [0.05, 0.1) is 24.2 Å². The molecule has 3 heterocycles. The molecule has 0 spiro atoms. The molecule has 2 aromatic carbocycles. The molecule has 0 atom stereocenters. The van der Waals surface area contributed by atoms with E-state index in [1.165, 1.54) is 0 Å². The predicted molar refractivity (Wildman–Crippen MR) is 122 cm³/mol. The molecule has 0 aromatic heterocycles. The first-order valence-electron chi connectivity index (χ1n) is 11.4. The first kappa shape index (κ1) is 22.3. The molecule has 176 valence electrons. The molecule has 8 nitrogen and oxygen atoms in total. The summed E-state index contributed by atoms with van der Waals surface area (Å²) in [6.45, 7) is 6.53. The number of piperazine rings is 1. The van der Waals surface area contributed by atoms with E-state index in [-0.39, 0.29) is 43.3 Å². The fourth-order valence-electron chi connectivity index (χ4n) is 4.97. The Hall–Kier alpha value is -3.52. The van der Waals surface area contributed by atoms with Crippen LogP contribution in [0.4, 0.5) is 0 Å². The Balaban J connectivity index is 1.18. The number of hydrogen-bond donors (Lipinski definition) is 0. The molecule has 3 aliphatic heterocycles. The van der Waals surface area contributed by atoms with Crippen LogP contribution in [-0.4, -0.2) is 66.2 Å². The van der Waals surface area contributed by atoms with Crippen molar-refractivity contribution >= 4 is 23.6 Å². The van der Waals surface area contributed by atoms with Crippen LogP contribution in [0.15, 0.2) is 24.3 Å². The van der Waals surface area contributed by atoms with Crippen molar-refractivity contribution in [3.05, 3.63) is 68.8 Å². The molecule has 3 aliphatic rings. The monoisotopic (exact) mass is 462 g/mol. The molecule has 1 fully saturated rings. The number of ether oxygens (including phenoxy) is 2. The van der Waals surface area contributed by atoms with Crippen molar-refractivity contribution in [2.75, 3.05) is 32.7 Å². The maximum absolute atomic E-state index is 12.9. The third kappa shape index (κ3) is 3.88. The Kier molecular flexibility index (Phi) is 5.69. The van der Waals surface area contributed by atoms with Gasteiger partial charge < -0.3 is 14.4 Å². The maximum Gasteiger partial charge on any atom is 0.338 e. The van der Waals surface area contributed by atoms with Gasteiger partial charge in [0.25, 0.3) is 0 Å². The van der Waals surface area contributed by atoms with Crippen LogP contribution in [0.3, 0.4) is 0 Å². The average Bonchev–Trinajstić information content (AvgIpc) is 3.39. The summed E-state index contributed by atoms with van der Waals surface area (Å²) < 4.78 is 10.2. The van der Waals surface area contributed by atoms with Gasteiger partial charge in [0.15, 0.2) is 5.78 Å². The number of esters is 2. The van der Waals surface area contributed by atoms with Crippen molar-refractivity contribution in [2.45, 2.75) is 33.5 Å². The molecule has 5 rings (SSSR count). The Labute approximate surface area is 197 Å². The van der Waals surface area contributed by atoms with Gasteiger partial charge in [-0.15, -0.1) is 0 Å². The molecule has 0 aliphatic carbocycles. The van der Waals surface area contributed by atoms with Crippen molar-refractivity contribution in [2.24, 2.45) is 0 Å². The lowest BCUT2D eigenvalue weighted by atomic mass is 9.96. The quantitative estimate of drug-likeness (QED) is 0.480. The number of Topliss-reactive ketones (excluding diaryl/α,β-unsaturated/α-hetero) is 1. The fourth-order valence-corrected chi connectivity index (χ4v) is 4.97. The van der Waals surface area contributed by atoms with Gasteiger partial charge in [-0.1, -0.05) is 12.1 Å². The van der Waals surface area contributed by atoms with Crippen LogP contribution >= 0.6 is 0 Å². The van der Waals surface area contributed by atoms with Gasteiger partial charge in [-0.3, -0.25) is 14.5 Å². The molecule has 0 bridgehead atoms. The van der Waals surface area contributed by atoms with E-state index in [1.807, 2.05) is 26.0 Å². The predicted octanol–water partition coefficient (Wildman–Crippen LogP) is 2.21. The summed E-state index contributed by atoms with van der Waals surface area (Å²) in [5.41, 5.74) is 6.37. The van der Waals surface area contributed by atoms with Crippen molar-refractivity contribution in [3.8, 4) is 0 Å². The largest absolute Gasteiger partial charge is 0.457 e. The van der Waals surface area contributed by atoms with Crippen molar-refractivity contribution < 1.29 is 28.7 Å². The summed E-state index contributed by atoms with van der Waals surface area (Å²) in [6.07, 6.45) is 0.772. The number of hydrogen-bond acceptors (Lipinski definition) is 7. The van der Waals surface area contributed by atoms with Gasteiger partial charge in [0, 0.05) is 36.3 Å². The number of rotatable bonds is 6. The number of nitrogens with zero attached hydrogens (tertiary/aromatic N) is 2. The molecule has 34 heavy (non-hydrogen) atoms. The number of carbonyl (C=O) groups excluding carboxylic acids is 4. The van der Waals surface area contributed by atoms with Gasteiger partial charge in [0.2, 0.25) is 5.91 Å². The molecular weight excluding hydrogens is 436 g/mol. The molecule has 2 aromatic rings. The Morgan fingerprint density at radius 1 is 0.882 bits per heavy atom. The molecule has 8 heteroatoms. The van der Waals surface area contributed by atoms with Crippen LogP contribution in [0, 0.1) is 13.8 Å². The summed E-state index contributed by atoms with van der Waals surface area (Å²) >= 11 is 0. The highest BCUT2D eigenvalue weighted by molar-refractivity contribution is 6.03. The van der Waals surface area contributed by atoms with E-state index in [0.717, 1.165) is 40.8 Å². The highest BCUT2D eigenvalue weighted by Crippen LogP contribution is 2.27. The zero-order valence-corrected chi connectivity index (χ0v) is 19.3. The summed E-state index contributed by atoms with van der Waals surface area (Å²) in [7, 11) is 0. The van der Waals surface area contributed by atoms with E-state index in [9.17, 15) is 19.2 Å². The lowest BCUT2D eigenvalue weighted by Gasteiger charge is -2.34. The fraction of sp³-hybridized carbons (Fsp3) is 0.385. The van der Waals surface area contributed by atoms with Crippen LogP contribution in [0.25, 0.3) is 0 Å². The zero-order chi connectivity index (χ0) is 24.0. The number of fused-ring (bicyclic) bond motifs is 2. The number of carbonyl (C=O) groups is 4. The van der Waals surface area contributed by atoms with Crippen LogP contribution < -0.4 is 0 Å². The second kappa shape index (κ2) is 8.68. The molecule has 0 N–H and O–H groups in total. The van der Waals surface area contributed by atoms with Crippen molar-refractivity contribution in [1.29, 1.82) is 0 Å². The Morgan fingerprint density at radius 2 is 1.53 bits per heavy atom. The van der Waals surface area contributed by atoms with Crippen LogP contribution in [0.2, 0.25) is 0 Å². The van der Waals surface area contributed by atoms with Gasteiger partial charge in [-0.25, -0.2) is 9.59 Å². The second-order valence-corrected chi connectivity index (χ2v) is 9.06. The summed E-state index contributed by atoms with van der Waals surface area (Å²) in [5.74, 6) is -0.827. The van der Waals surface area contributed by atoms with Gasteiger partial charge in [0.1, 0.15) is 13.2 Å². The Bertz CT molecular complexity index is 1230. The van der Waals surface area contributed by atoms with Crippen molar-refractivity contribution in [1.82, 2.24) is 9.80 Å². The minimum absolute atomic E-state index is 0.0268. The number of ketones is 1. The van der Waals surface area contributed by atoms with Crippen LogP contribution in [0.1, 0.15) is 58.9 Å². The van der Waals surface area contributed by atoms with E-state index < -0.39 is 0 Å². The lowest BCUT2D eigenvalue weighted by molar-refractivity contribution is -0.135. The number of amides is 1. The number of benzene rings is 2. The van der Waals surface area contributed by atoms with Crippen LogP contribution in [0.5, 0.6) is 0 Å². The smallest absolute Gasteiger partial charge is 0.338 e. The Morgan fingerprint density at radius 3 is 2.21 bits per heavy atom. The van der Waals surface area contributed by atoms with Gasteiger partial charge in [-0.2, -0.15) is 0 Å². The summed E-state index contributed by atoms with van der Waals surface area (Å²) in [6, 6.07) is 7.08. The van der Waals surface area contributed by atoms with Gasteiger partial charge >= 0.3 is 11.9 Å². The highest BCUT2D eigenvalue weighted by atomic mass is 16.5. The average molecular weight is 463 g/mol. The number of cyclic esters (lactones) is 2. The first-order chi connectivity index (χ1) is 16.3. The maximum atomic E-state index is 12.9. The van der Waals surface area contributed by atoms with Crippen LogP contribution in [-0.2, 0) is 33.9 Å². The molecule has 0 saturated carbocycles. The molecule has 0 unspecified atom stereocenters. The van der Waals surface area contributed by atoms with E-state index in [1.54, 1.807) is 17.0 Å². The minimum atomic E-state index is -0.361. The highest BCUT2D eigenvalue weighted by Gasteiger charge is 2.29. The standard InChI is InChI=1S/C26H26N2O6/c1-15-17(3-4-19-21(15)13-33-25(19)31)7-8-27-9-10-28(24(30)12-27)11-23(29)18-5-6-20-22(16(18)2)14-34-26(20)32/h3-6H,7-14H2,1-2H3. The molecule has 0 radical (unpaired) electrons. The third-order valence-electron chi connectivity index (χ3n) is 7.17. The van der Waals surface area contributed by atoms with Crippen molar-refractivity contribution in [3.63, 3.8) is 0 Å². The lowest BCUT2D eigenvalue weighted by Crippen LogP contribution is -2.52. The van der Waals surface area contributed by atoms with E-state index >= 15 is 0 Å². The minimum Gasteiger partial charge on any atom is -0.457 e. The van der Waals surface area contributed by atoms with E-state index in [0.29, 0.717) is 36.4 Å². The SMILES string of the molecule is Cc1c(CCN2CCN(CC(=O)c3ccc4c(c3C)COC4=O)C(=O)C2)ccc2c1COC2=O. The normalized spacial score (nSPS) is 17.5. The summed E-state index contributed by atoms with van der Waals surface area (Å²) in [4.78, 5) is 52.9. The second-order valence-electron chi connectivity index (χ2n) is 9.06. The van der Waals surface area contributed by atoms with Gasteiger partial charge in [-0.05, 0) is 49.1 Å². The van der Waals surface area contributed by atoms with E-state index in [4.69, 9.17) is 9.47 Å². The zero-order valence-electron chi connectivity index (χ0n) is 19.3. The summed E-state index contributed by atoms with van der Waals surface area (Å²) in [5, 5.41) is 0. The molecule has 1 saturated heterocycles.